The predicted octanol–water partition coefficient (Wildman–Crippen LogP) is 5.07. The number of carbonyl (C=O) groups is 1. The van der Waals surface area contributed by atoms with Gasteiger partial charge in [0.25, 0.3) is 0 Å². The fraction of sp³-hybridized carbons (Fsp3) is 0.667. The second kappa shape index (κ2) is 6.43. The Morgan fingerprint density at radius 3 is 2.35 bits per heavy atom. The van der Waals surface area contributed by atoms with Crippen LogP contribution < -0.4 is 14.8 Å². The maximum absolute atomic E-state index is 12.9. The summed E-state index contributed by atoms with van der Waals surface area (Å²) in [4.78, 5) is 12.9. The first kappa shape index (κ1) is 18.1. The number of rotatable bonds is 5. The van der Waals surface area contributed by atoms with Crippen molar-refractivity contribution in [1.82, 2.24) is 0 Å². The van der Waals surface area contributed by atoms with E-state index >= 15 is 0 Å². The van der Waals surface area contributed by atoms with Crippen LogP contribution in [0.2, 0.25) is 0 Å². The SMILES string of the molecule is COc1cc(C)c(NC(=O)CC23C[C@H]4C[C@@H](CC(Br)(C4)C2)C3)cc1OC. The Kier molecular flexibility index (Phi) is 4.49. The first-order valence-electron chi connectivity index (χ1n) is 9.55. The lowest BCUT2D eigenvalue weighted by atomic mass is 9.48. The first-order chi connectivity index (χ1) is 12.3. The summed E-state index contributed by atoms with van der Waals surface area (Å²) in [6.07, 6.45) is 8.16. The van der Waals surface area contributed by atoms with Crippen molar-refractivity contribution in [1.29, 1.82) is 0 Å². The van der Waals surface area contributed by atoms with E-state index in [1.807, 2.05) is 19.1 Å². The Labute approximate surface area is 164 Å². The van der Waals surface area contributed by atoms with Gasteiger partial charge in [0, 0.05) is 22.5 Å². The molecule has 4 bridgehead atoms. The van der Waals surface area contributed by atoms with Crippen molar-refractivity contribution in [3.8, 4) is 11.5 Å². The lowest BCUT2D eigenvalue weighted by Gasteiger charge is -2.60. The van der Waals surface area contributed by atoms with Gasteiger partial charge in [-0.05, 0) is 74.3 Å². The molecule has 2 atom stereocenters. The van der Waals surface area contributed by atoms with Crippen LogP contribution in [0, 0.1) is 24.2 Å². The molecule has 4 aliphatic rings. The first-order valence-corrected chi connectivity index (χ1v) is 10.3. The summed E-state index contributed by atoms with van der Waals surface area (Å²) in [5, 5.41) is 3.13. The molecule has 1 aromatic carbocycles. The van der Waals surface area contributed by atoms with Crippen molar-refractivity contribution in [3.05, 3.63) is 17.7 Å². The molecule has 0 radical (unpaired) electrons. The summed E-state index contributed by atoms with van der Waals surface area (Å²) in [6, 6.07) is 3.77. The topological polar surface area (TPSA) is 47.6 Å². The molecule has 26 heavy (non-hydrogen) atoms. The second-order valence-electron chi connectivity index (χ2n) is 8.86. The Hall–Kier alpha value is -1.23. The number of benzene rings is 1. The Morgan fingerprint density at radius 1 is 1.15 bits per heavy atom. The number of nitrogens with one attached hydrogen (secondary N) is 1. The van der Waals surface area contributed by atoms with E-state index in [2.05, 4.69) is 21.2 Å². The van der Waals surface area contributed by atoms with Gasteiger partial charge in [-0.3, -0.25) is 4.79 Å². The molecule has 4 nitrogen and oxygen atoms in total. The Morgan fingerprint density at radius 2 is 1.77 bits per heavy atom. The Bertz CT molecular complexity index is 718. The Balaban J connectivity index is 1.50. The minimum Gasteiger partial charge on any atom is -0.493 e. The van der Waals surface area contributed by atoms with E-state index < -0.39 is 0 Å². The number of amides is 1. The zero-order valence-electron chi connectivity index (χ0n) is 15.9. The van der Waals surface area contributed by atoms with Crippen LogP contribution in [-0.2, 0) is 4.79 Å². The second-order valence-corrected chi connectivity index (χ2v) is 10.5. The van der Waals surface area contributed by atoms with Gasteiger partial charge in [-0.2, -0.15) is 0 Å². The summed E-state index contributed by atoms with van der Waals surface area (Å²) in [5.41, 5.74) is 1.98. The number of hydrogen-bond acceptors (Lipinski definition) is 3. The molecule has 0 aromatic heterocycles. The van der Waals surface area contributed by atoms with Crippen molar-refractivity contribution in [2.45, 2.75) is 56.2 Å². The van der Waals surface area contributed by atoms with Gasteiger partial charge < -0.3 is 14.8 Å². The van der Waals surface area contributed by atoms with Gasteiger partial charge in [0.2, 0.25) is 5.91 Å². The average molecular weight is 422 g/mol. The maximum atomic E-state index is 12.9. The third kappa shape index (κ3) is 3.23. The van der Waals surface area contributed by atoms with Gasteiger partial charge in [0.05, 0.1) is 14.2 Å². The number of carbonyl (C=O) groups excluding carboxylic acids is 1. The summed E-state index contributed by atoms with van der Waals surface area (Å²) in [6.45, 7) is 1.98. The fourth-order valence-electron chi connectivity index (χ4n) is 6.19. The van der Waals surface area contributed by atoms with E-state index in [4.69, 9.17) is 9.47 Å². The van der Waals surface area contributed by atoms with Gasteiger partial charge in [-0.1, -0.05) is 15.9 Å². The largest absolute Gasteiger partial charge is 0.493 e. The number of hydrogen-bond donors (Lipinski definition) is 1. The van der Waals surface area contributed by atoms with Crippen LogP contribution in [-0.4, -0.2) is 24.5 Å². The number of halogens is 1. The third-order valence-electron chi connectivity index (χ3n) is 6.65. The highest BCUT2D eigenvalue weighted by atomic mass is 79.9. The zero-order valence-corrected chi connectivity index (χ0v) is 17.4. The maximum Gasteiger partial charge on any atom is 0.224 e. The van der Waals surface area contributed by atoms with E-state index in [0.717, 1.165) is 29.5 Å². The van der Waals surface area contributed by atoms with Crippen LogP contribution in [0.3, 0.4) is 0 Å². The van der Waals surface area contributed by atoms with E-state index in [0.29, 0.717) is 17.9 Å². The molecule has 0 saturated heterocycles. The number of anilines is 1. The molecule has 0 heterocycles. The molecule has 4 saturated carbocycles. The van der Waals surface area contributed by atoms with Crippen LogP contribution in [0.15, 0.2) is 12.1 Å². The van der Waals surface area contributed by atoms with Gasteiger partial charge in [0.15, 0.2) is 11.5 Å². The summed E-state index contributed by atoms with van der Waals surface area (Å²) in [5.74, 6) is 3.05. The molecule has 5 rings (SSSR count). The standard InChI is InChI=1S/C21H28BrNO3/c1-13-4-17(25-2)18(26-3)6-16(13)23-19(24)11-20-7-14-5-15(8-20)10-21(22,9-14)12-20/h4,6,14-15H,5,7-12H2,1-3H3,(H,23,24)/t14-,15-,20?,21?/m1/s1. The van der Waals surface area contributed by atoms with Gasteiger partial charge in [-0.25, -0.2) is 0 Å². The minimum atomic E-state index is 0.123. The molecule has 4 aliphatic carbocycles. The van der Waals surface area contributed by atoms with Gasteiger partial charge >= 0.3 is 0 Å². The van der Waals surface area contributed by atoms with E-state index in [-0.39, 0.29) is 15.6 Å². The highest BCUT2D eigenvalue weighted by molar-refractivity contribution is 9.10. The van der Waals surface area contributed by atoms with Crippen LogP contribution >= 0.6 is 15.9 Å². The number of methoxy groups -OCH3 is 2. The molecular weight excluding hydrogens is 394 g/mol. The van der Waals surface area contributed by atoms with E-state index in [1.165, 1.54) is 32.1 Å². The van der Waals surface area contributed by atoms with Crippen LogP contribution in [0.1, 0.15) is 50.5 Å². The molecule has 0 unspecified atom stereocenters. The van der Waals surface area contributed by atoms with E-state index in [1.54, 1.807) is 14.2 Å². The number of alkyl halides is 1. The highest BCUT2D eigenvalue weighted by Crippen LogP contribution is 2.65. The smallest absolute Gasteiger partial charge is 0.224 e. The molecule has 142 valence electrons. The molecule has 0 aliphatic heterocycles. The van der Waals surface area contributed by atoms with Crippen LogP contribution in [0.5, 0.6) is 11.5 Å². The molecule has 1 aromatic rings. The van der Waals surface area contributed by atoms with E-state index in [9.17, 15) is 4.79 Å². The minimum absolute atomic E-state index is 0.123. The number of ether oxygens (including phenoxy) is 2. The average Bonchev–Trinajstić information content (AvgIpc) is 2.53. The lowest BCUT2D eigenvalue weighted by Crippen LogP contribution is -2.53. The van der Waals surface area contributed by atoms with Crippen molar-refractivity contribution in [3.63, 3.8) is 0 Å². The molecule has 5 heteroatoms. The third-order valence-corrected chi connectivity index (χ3v) is 7.58. The van der Waals surface area contributed by atoms with Crippen molar-refractivity contribution in [2.75, 3.05) is 19.5 Å². The zero-order chi connectivity index (χ0) is 18.5. The van der Waals surface area contributed by atoms with Gasteiger partial charge in [-0.15, -0.1) is 0 Å². The monoisotopic (exact) mass is 421 g/mol. The van der Waals surface area contributed by atoms with Crippen molar-refractivity contribution < 1.29 is 14.3 Å². The summed E-state index contributed by atoms with van der Waals surface area (Å²) >= 11 is 4.03. The molecular formula is C21H28BrNO3. The summed E-state index contributed by atoms with van der Waals surface area (Å²) in [7, 11) is 3.24. The molecule has 0 spiro atoms. The van der Waals surface area contributed by atoms with Crippen molar-refractivity contribution >= 4 is 27.5 Å². The van der Waals surface area contributed by atoms with Crippen LogP contribution in [0.4, 0.5) is 5.69 Å². The fourth-order valence-corrected chi connectivity index (χ4v) is 7.70. The summed E-state index contributed by atoms with van der Waals surface area (Å²) < 4.78 is 11.0. The predicted molar refractivity (Wildman–Crippen MR) is 106 cm³/mol. The van der Waals surface area contributed by atoms with Crippen molar-refractivity contribution in [2.24, 2.45) is 17.3 Å². The quantitative estimate of drug-likeness (QED) is 0.674. The molecule has 4 fully saturated rings. The lowest BCUT2D eigenvalue weighted by molar-refractivity contribution is -0.123. The molecule has 1 N–H and O–H groups in total. The van der Waals surface area contributed by atoms with Crippen LogP contribution in [0.25, 0.3) is 0 Å². The highest BCUT2D eigenvalue weighted by Gasteiger charge is 2.57. The molecule has 1 amide bonds. The van der Waals surface area contributed by atoms with Gasteiger partial charge in [0.1, 0.15) is 0 Å². The number of aryl methyl sites for hydroxylation is 1. The normalized spacial score (nSPS) is 34.6.